The minimum atomic E-state index is 0.563. The number of benzene rings is 2. The summed E-state index contributed by atoms with van der Waals surface area (Å²) in [5, 5.41) is 3.59. The summed E-state index contributed by atoms with van der Waals surface area (Å²) in [7, 11) is 3.98. The molecule has 2 aliphatic heterocycles. The molecule has 1 saturated heterocycles. The number of hydrogen-bond acceptors (Lipinski definition) is 3. The predicted octanol–water partition coefficient (Wildman–Crippen LogP) is 3.90. The van der Waals surface area contributed by atoms with Crippen molar-refractivity contribution in [2.24, 2.45) is 5.92 Å². The first-order valence-electron chi connectivity index (χ1n) is 9.16. The number of methoxy groups -OCH3 is 1. The Hall–Kier alpha value is -2.26. The fraction of sp³-hybridized carbons (Fsp3) is 0.364. The van der Waals surface area contributed by atoms with Crippen molar-refractivity contribution in [3.63, 3.8) is 0 Å². The van der Waals surface area contributed by atoms with Crippen molar-refractivity contribution in [1.29, 1.82) is 0 Å². The highest BCUT2D eigenvalue weighted by molar-refractivity contribution is 5.85. The van der Waals surface area contributed by atoms with E-state index in [1.165, 1.54) is 40.8 Å². The van der Waals surface area contributed by atoms with Crippen LogP contribution in [0.3, 0.4) is 0 Å². The van der Waals surface area contributed by atoms with Crippen LogP contribution in [-0.2, 0) is 6.54 Å². The van der Waals surface area contributed by atoms with Crippen LogP contribution in [0.4, 0.5) is 0 Å². The molecule has 25 heavy (non-hydrogen) atoms. The lowest BCUT2D eigenvalue weighted by Crippen LogP contribution is -2.37. The summed E-state index contributed by atoms with van der Waals surface area (Å²) in [6, 6.07) is 17.3. The van der Waals surface area contributed by atoms with Gasteiger partial charge in [0, 0.05) is 37.3 Å². The fourth-order valence-corrected chi connectivity index (χ4v) is 4.23. The van der Waals surface area contributed by atoms with E-state index in [9.17, 15) is 0 Å². The summed E-state index contributed by atoms with van der Waals surface area (Å²) < 4.78 is 5.52. The standard InChI is InChI=1S/C22H26N2O/c1-24-15-18-10-11-19(25-2)13-20(18)21(16-7-4-3-5-8-16)22(24)17-9-6-12-23-14-17/h3-5,7-8,10-11,13,17,23H,6,9,12,14-15H2,1-2H3. The summed E-state index contributed by atoms with van der Waals surface area (Å²) in [5.74, 6) is 1.49. The summed E-state index contributed by atoms with van der Waals surface area (Å²) in [5.41, 5.74) is 6.83. The lowest BCUT2D eigenvalue weighted by Gasteiger charge is -2.38. The Bertz CT molecular complexity index is 776. The van der Waals surface area contributed by atoms with Crippen molar-refractivity contribution in [3.8, 4) is 5.75 Å². The fourth-order valence-electron chi connectivity index (χ4n) is 4.23. The Labute approximate surface area is 150 Å². The highest BCUT2D eigenvalue weighted by Crippen LogP contribution is 2.41. The molecule has 0 saturated carbocycles. The monoisotopic (exact) mass is 334 g/mol. The molecule has 1 unspecified atom stereocenters. The van der Waals surface area contributed by atoms with Crippen LogP contribution < -0.4 is 10.1 Å². The Morgan fingerprint density at radius 3 is 2.68 bits per heavy atom. The van der Waals surface area contributed by atoms with E-state index in [2.05, 4.69) is 65.8 Å². The first kappa shape index (κ1) is 16.2. The normalized spacial score (nSPS) is 20.4. The van der Waals surface area contributed by atoms with Gasteiger partial charge in [-0.25, -0.2) is 0 Å². The van der Waals surface area contributed by atoms with Crippen LogP contribution in [0.1, 0.15) is 29.5 Å². The van der Waals surface area contributed by atoms with E-state index in [-0.39, 0.29) is 0 Å². The molecule has 0 aromatic heterocycles. The predicted molar refractivity (Wildman–Crippen MR) is 103 cm³/mol. The zero-order valence-electron chi connectivity index (χ0n) is 15.1. The van der Waals surface area contributed by atoms with Gasteiger partial charge in [0.2, 0.25) is 0 Å². The van der Waals surface area contributed by atoms with Gasteiger partial charge < -0.3 is 15.0 Å². The van der Waals surface area contributed by atoms with Crippen LogP contribution in [0.25, 0.3) is 5.57 Å². The number of piperidine rings is 1. The van der Waals surface area contributed by atoms with E-state index < -0.39 is 0 Å². The molecule has 0 aliphatic carbocycles. The molecule has 3 heteroatoms. The number of nitrogens with one attached hydrogen (secondary N) is 1. The quantitative estimate of drug-likeness (QED) is 0.921. The molecule has 1 N–H and O–H groups in total. The van der Waals surface area contributed by atoms with Crippen molar-refractivity contribution >= 4 is 5.57 Å². The summed E-state index contributed by atoms with van der Waals surface area (Å²) >= 11 is 0. The summed E-state index contributed by atoms with van der Waals surface area (Å²) in [4.78, 5) is 2.45. The molecule has 0 amide bonds. The smallest absolute Gasteiger partial charge is 0.119 e. The van der Waals surface area contributed by atoms with Gasteiger partial charge in [-0.15, -0.1) is 0 Å². The van der Waals surface area contributed by atoms with Crippen molar-refractivity contribution in [1.82, 2.24) is 10.2 Å². The SMILES string of the molecule is COc1ccc2c(c1)C(c1ccccc1)=C(C1CCCNC1)N(C)C2. The average molecular weight is 334 g/mol. The van der Waals surface area contributed by atoms with Crippen molar-refractivity contribution in [3.05, 3.63) is 70.9 Å². The lowest BCUT2D eigenvalue weighted by molar-refractivity contribution is 0.306. The Kier molecular flexibility index (Phi) is 4.50. The third-order valence-electron chi connectivity index (χ3n) is 5.41. The molecule has 1 fully saturated rings. The zero-order chi connectivity index (χ0) is 17.2. The van der Waals surface area contributed by atoms with Crippen molar-refractivity contribution < 1.29 is 4.74 Å². The van der Waals surface area contributed by atoms with Crippen LogP contribution in [0.15, 0.2) is 54.2 Å². The zero-order valence-corrected chi connectivity index (χ0v) is 15.1. The maximum atomic E-state index is 5.52. The van der Waals surface area contributed by atoms with E-state index in [1.807, 2.05) is 0 Å². The van der Waals surface area contributed by atoms with E-state index in [4.69, 9.17) is 4.74 Å². The third kappa shape index (κ3) is 3.05. The molecule has 1 atom stereocenters. The van der Waals surface area contributed by atoms with Gasteiger partial charge in [0.15, 0.2) is 0 Å². The molecule has 4 rings (SSSR count). The van der Waals surface area contributed by atoms with Crippen LogP contribution >= 0.6 is 0 Å². The molecule has 2 heterocycles. The molecule has 2 aliphatic rings. The van der Waals surface area contributed by atoms with Crippen molar-refractivity contribution in [2.45, 2.75) is 19.4 Å². The topological polar surface area (TPSA) is 24.5 Å². The molecule has 0 spiro atoms. The summed E-state index contributed by atoms with van der Waals surface area (Å²) in [6.45, 7) is 3.16. The molecule has 0 radical (unpaired) electrons. The molecular formula is C22H26N2O. The molecule has 0 bridgehead atoms. The van der Waals surface area contributed by atoms with Gasteiger partial charge in [-0.2, -0.15) is 0 Å². The number of ether oxygens (including phenoxy) is 1. The van der Waals surface area contributed by atoms with E-state index in [0.717, 1.165) is 25.4 Å². The van der Waals surface area contributed by atoms with Gasteiger partial charge in [0.05, 0.1) is 7.11 Å². The number of hydrogen-bond donors (Lipinski definition) is 1. The molecule has 2 aromatic carbocycles. The van der Waals surface area contributed by atoms with Crippen LogP contribution in [0, 0.1) is 5.92 Å². The Balaban J connectivity index is 1.93. The molecule has 3 nitrogen and oxygen atoms in total. The number of nitrogens with zero attached hydrogens (tertiary/aromatic N) is 1. The van der Waals surface area contributed by atoms with Gasteiger partial charge in [-0.1, -0.05) is 36.4 Å². The van der Waals surface area contributed by atoms with Gasteiger partial charge in [-0.05, 0) is 48.2 Å². The van der Waals surface area contributed by atoms with E-state index in [1.54, 1.807) is 7.11 Å². The highest BCUT2D eigenvalue weighted by atomic mass is 16.5. The maximum absolute atomic E-state index is 5.52. The summed E-state index contributed by atoms with van der Waals surface area (Å²) in [6.07, 6.45) is 2.50. The van der Waals surface area contributed by atoms with E-state index in [0.29, 0.717) is 5.92 Å². The second-order valence-corrected chi connectivity index (χ2v) is 7.05. The van der Waals surface area contributed by atoms with E-state index >= 15 is 0 Å². The van der Waals surface area contributed by atoms with Crippen molar-refractivity contribution in [2.75, 3.05) is 27.2 Å². The molecule has 130 valence electrons. The molecular weight excluding hydrogens is 308 g/mol. The van der Waals surface area contributed by atoms with Gasteiger partial charge in [0.1, 0.15) is 5.75 Å². The Morgan fingerprint density at radius 2 is 1.96 bits per heavy atom. The average Bonchev–Trinajstić information content (AvgIpc) is 2.68. The minimum absolute atomic E-state index is 0.563. The third-order valence-corrected chi connectivity index (χ3v) is 5.41. The van der Waals surface area contributed by atoms with Crippen LogP contribution in [0.5, 0.6) is 5.75 Å². The largest absolute Gasteiger partial charge is 0.497 e. The second-order valence-electron chi connectivity index (χ2n) is 7.05. The number of fused-ring (bicyclic) bond motifs is 1. The lowest BCUT2D eigenvalue weighted by atomic mass is 9.82. The minimum Gasteiger partial charge on any atom is -0.497 e. The first-order valence-corrected chi connectivity index (χ1v) is 9.16. The van der Waals surface area contributed by atoms with Gasteiger partial charge in [-0.3, -0.25) is 0 Å². The number of rotatable bonds is 3. The van der Waals surface area contributed by atoms with Crippen LogP contribution in [-0.4, -0.2) is 32.1 Å². The second kappa shape index (κ2) is 6.93. The highest BCUT2D eigenvalue weighted by Gasteiger charge is 2.30. The molecule has 2 aromatic rings. The van der Waals surface area contributed by atoms with Crippen LogP contribution in [0.2, 0.25) is 0 Å². The maximum Gasteiger partial charge on any atom is 0.119 e. The van der Waals surface area contributed by atoms with Gasteiger partial charge in [0.25, 0.3) is 0 Å². The first-order chi connectivity index (χ1) is 12.3. The Morgan fingerprint density at radius 1 is 1.12 bits per heavy atom. The van der Waals surface area contributed by atoms with Gasteiger partial charge >= 0.3 is 0 Å².